The second-order valence-electron chi connectivity index (χ2n) is 4.78. The minimum atomic E-state index is 0.378. The van der Waals surface area contributed by atoms with E-state index in [0.29, 0.717) is 11.5 Å². The molecule has 0 fully saturated rings. The molecule has 1 atom stereocenters. The van der Waals surface area contributed by atoms with Crippen LogP contribution in [0.25, 0.3) is 0 Å². The molecule has 0 aromatic carbocycles. The van der Waals surface area contributed by atoms with Gasteiger partial charge >= 0.3 is 0 Å². The Kier molecular flexibility index (Phi) is 6.06. The zero-order chi connectivity index (χ0) is 10.3. The van der Waals surface area contributed by atoms with Crippen LogP contribution in [0.4, 0.5) is 0 Å². The van der Waals surface area contributed by atoms with Gasteiger partial charge in [-0.3, -0.25) is 0 Å². The highest BCUT2D eigenvalue weighted by molar-refractivity contribution is 4.79. The molecule has 0 bridgehead atoms. The van der Waals surface area contributed by atoms with Gasteiger partial charge in [-0.2, -0.15) is 0 Å². The summed E-state index contributed by atoms with van der Waals surface area (Å²) in [5.74, 6) is 0. The van der Waals surface area contributed by atoms with E-state index in [2.05, 4.69) is 39.7 Å². The summed E-state index contributed by atoms with van der Waals surface area (Å²) in [5.41, 5.74) is 0.378. The maximum Gasteiger partial charge on any atom is 0.0113 e. The molecule has 1 nitrogen and oxygen atoms in total. The van der Waals surface area contributed by atoms with Crippen molar-refractivity contribution in [2.24, 2.45) is 5.41 Å². The highest BCUT2D eigenvalue weighted by Crippen LogP contribution is 2.23. The van der Waals surface area contributed by atoms with E-state index in [1.165, 1.54) is 19.3 Å². The monoisotopic (exact) mass is 183 g/mol. The normalized spacial score (nSPS) is 14.2. The molecule has 1 heteroatoms. The van der Waals surface area contributed by atoms with Gasteiger partial charge in [-0.25, -0.2) is 0 Å². The highest BCUT2D eigenvalue weighted by Gasteiger charge is 2.21. The molecule has 0 aliphatic carbocycles. The van der Waals surface area contributed by atoms with Gasteiger partial charge in [0, 0.05) is 6.04 Å². The Morgan fingerprint density at radius 3 is 2.31 bits per heavy atom. The van der Waals surface area contributed by atoms with Crippen molar-refractivity contribution in [1.82, 2.24) is 5.32 Å². The summed E-state index contributed by atoms with van der Waals surface area (Å²) in [6, 6.07) is 0.636. The van der Waals surface area contributed by atoms with E-state index in [0.717, 1.165) is 6.42 Å². The van der Waals surface area contributed by atoms with E-state index in [-0.39, 0.29) is 0 Å². The van der Waals surface area contributed by atoms with Crippen molar-refractivity contribution in [2.45, 2.75) is 52.5 Å². The molecule has 1 N–H and O–H groups in total. The number of nitrogens with one attached hydrogen (secondary N) is 1. The second kappa shape index (κ2) is 6.20. The van der Waals surface area contributed by atoms with Crippen molar-refractivity contribution in [1.29, 1.82) is 0 Å². The van der Waals surface area contributed by atoms with Crippen LogP contribution >= 0.6 is 0 Å². The van der Waals surface area contributed by atoms with Gasteiger partial charge in [-0.15, -0.1) is 6.58 Å². The van der Waals surface area contributed by atoms with Crippen LogP contribution in [0.15, 0.2) is 12.7 Å². The number of allylic oxidation sites excluding steroid dienone is 1. The van der Waals surface area contributed by atoms with Crippen molar-refractivity contribution in [3.05, 3.63) is 12.7 Å². The Bertz CT molecular complexity index is 133. The van der Waals surface area contributed by atoms with E-state index in [9.17, 15) is 0 Å². The Morgan fingerprint density at radius 1 is 1.31 bits per heavy atom. The van der Waals surface area contributed by atoms with Gasteiger partial charge in [0.15, 0.2) is 0 Å². The largest absolute Gasteiger partial charge is 0.316 e. The van der Waals surface area contributed by atoms with Crippen molar-refractivity contribution in [3.63, 3.8) is 0 Å². The van der Waals surface area contributed by atoms with Crippen LogP contribution in [0.5, 0.6) is 0 Å². The van der Waals surface area contributed by atoms with Crippen LogP contribution < -0.4 is 5.32 Å². The van der Waals surface area contributed by atoms with Crippen LogP contribution in [0.1, 0.15) is 46.5 Å². The lowest BCUT2D eigenvalue weighted by Crippen LogP contribution is -2.37. The highest BCUT2D eigenvalue weighted by atomic mass is 14.9. The predicted octanol–water partition coefficient (Wildman–Crippen LogP) is 3.37. The molecule has 78 valence electrons. The fourth-order valence-electron chi connectivity index (χ4n) is 1.65. The molecule has 0 saturated heterocycles. The van der Waals surface area contributed by atoms with Crippen molar-refractivity contribution >= 4 is 0 Å². The van der Waals surface area contributed by atoms with E-state index >= 15 is 0 Å². The zero-order valence-electron chi connectivity index (χ0n) is 9.69. The minimum absolute atomic E-state index is 0.378. The molecular weight excluding hydrogens is 158 g/mol. The molecule has 0 amide bonds. The third kappa shape index (κ3) is 5.87. The van der Waals surface area contributed by atoms with Crippen LogP contribution in [0.3, 0.4) is 0 Å². The van der Waals surface area contributed by atoms with Crippen LogP contribution in [-0.2, 0) is 0 Å². The molecule has 13 heavy (non-hydrogen) atoms. The standard InChI is InChI=1S/C12H25N/c1-6-7-8-9-10-11(13-5)12(2,3)4/h6,11,13H,1,7-10H2,2-5H3. The Labute approximate surface area is 83.6 Å². The van der Waals surface area contributed by atoms with E-state index in [1.54, 1.807) is 0 Å². The quantitative estimate of drug-likeness (QED) is 0.492. The first kappa shape index (κ1) is 12.7. The molecule has 0 aromatic rings. The first-order valence-electron chi connectivity index (χ1n) is 5.30. The topological polar surface area (TPSA) is 12.0 Å². The maximum absolute atomic E-state index is 3.73. The van der Waals surface area contributed by atoms with Gasteiger partial charge in [0.1, 0.15) is 0 Å². The van der Waals surface area contributed by atoms with E-state index in [1.807, 2.05) is 6.08 Å². The lowest BCUT2D eigenvalue weighted by molar-refractivity contribution is 0.262. The van der Waals surface area contributed by atoms with Gasteiger partial charge in [0.05, 0.1) is 0 Å². The summed E-state index contributed by atoms with van der Waals surface area (Å²) >= 11 is 0. The third-order valence-corrected chi connectivity index (χ3v) is 2.54. The van der Waals surface area contributed by atoms with Gasteiger partial charge < -0.3 is 5.32 Å². The average molecular weight is 183 g/mol. The van der Waals surface area contributed by atoms with Gasteiger partial charge in [0.25, 0.3) is 0 Å². The van der Waals surface area contributed by atoms with Crippen molar-refractivity contribution in [2.75, 3.05) is 7.05 Å². The van der Waals surface area contributed by atoms with E-state index < -0.39 is 0 Å². The zero-order valence-corrected chi connectivity index (χ0v) is 9.69. The molecule has 0 saturated carbocycles. The SMILES string of the molecule is C=CCCCCC(NC)C(C)(C)C. The number of rotatable bonds is 6. The van der Waals surface area contributed by atoms with Crippen LogP contribution in [0.2, 0.25) is 0 Å². The fraction of sp³-hybridized carbons (Fsp3) is 0.833. The van der Waals surface area contributed by atoms with Gasteiger partial charge in [-0.05, 0) is 31.7 Å². The third-order valence-electron chi connectivity index (χ3n) is 2.54. The van der Waals surface area contributed by atoms with Crippen LogP contribution in [0, 0.1) is 5.41 Å². The molecular formula is C12H25N. The number of unbranched alkanes of at least 4 members (excludes halogenated alkanes) is 2. The summed E-state index contributed by atoms with van der Waals surface area (Å²) in [5, 5.41) is 3.39. The summed E-state index contributed by atoms with van der Waals surface area (Å²) < 4.78 is 0. The number of hydrogen-bond donors (Lipinski definition) is 1. The van der Waals surface area contributed by atoms with Gasteiger partial charge in [0.2, 0.25) is 0 Å². The van der Waals surface area contributed by atoms with Crippen molar-refractivity contribution in [3.8, 4) is 0 Å². The van der Waals surface area contributed by atoms with Crippen molar-refractivity contribution < 1.29 is 0 Å². The fourth-order valence-corrected chi connectivity index (χ4v) is 1.65. The molecule has 0 aromatic heterocycles. The molecule has 0 aliphatic heterocycles. The summed E-state index contributed by atoms with van der Waals surface area (Å²) in [7, 11) is 2.06. The molecule has 0 aliphatic rings. The molecule has 0 rings (SSSR count). The maximum atomic E-state index is 3.73. The lowest BCUT2D eigenvalue weighted by atomic mass is 9.84. The first-order valence-corrected chi connectivity index (χ1v) is 5.30. The average Bonchev–Trinajstić information content (AvgIpc) is 2.02. The predicted molar refractivity (Wildman–Crippen MR) is 61.0 cm³/mol. The smallest absolute Gasteiger partial charge is 0.0113 e. The summed E-state index contributed by atoms with van der Waals surface area (Å²) in [6.45, 7) is 10.6. The second-order valence-corrected chi connectivity index (χ2v) is 4.78. The summed E-state index contributed by atoms with van der Waals surface area (Å²) in [6.07, 6.45) is 7.01. The molecule has 0 spiro atoms. The van der Waals surface area contributed by atoms with Gasteiger partial charge in [-0.1, -0.05) is 33.3 Å². The molecule has 1 unspecified atom stereocenters. The summed E-state index contributed by atoms with van der Waals surface area (Å²) in [4.78, 5) is 0. The molecule has 0 radical (unpaired) electrons. The Morgan fingerprint density at radius 2 is 1.92 bits per heavy atom. The molecule has 0 heterocycles. The minimum Gasteiger partial charge on any atom is -0.316 e. The Hall–Kier alpha value is -0.300. The first-order chi connectivity index (χ1) is 6.02. The van der Waals surface area contributed by atoms with Crippen LogP contribution in [-0.4, -0.2) is 13.1 Å². The van der Waals surface area contributed by atoms with E-state index in [4.69, 9.17) is 0 Å². The lowest BCUT2D eigenvalue weighted by Gasteiger charge is -2.30. The Balaban J connectivity index is 3.66. The number of hydrogen-bond acceptors (Lipinski definition) is 1.